The second-order valence-electron chi connectivity index (χ2n) is 4.12. The van der Waals surface area contributed by atoms with Crippen LogP contribution < -0.4 is 15.2 Å². The molecule has 0 atom stereocenters. The van der Waals surface area contributed by atoms with E-state index in [-0.39, 0.29) is 12.4 Å². The highest BCUT2D eigenvalue weighted by molar-refractivity contribution is 5.53. The van der Waals surface area contributed by atoms with Crippen molar-refractivity contribution in [3.8, 4) is 17.6 Å². The van der Waals surface area contributed by atoms with E-state index >= 15 is 0 Å². The van der Waals surface area contributed by atoms with Gasteiger partial charge in [0, 0.05) is 5.69 Å². The highest BCUT2D eigenvalue weighted by Gasteiger charge is 2.07. The van der Waals surface area contributed by atoms with E-state index in [1.165, 1.54) is 25.3 Å². The molecule has 2 N–H and O–H groups in total. The van der Waals surface area contributed by atoms with Crippen molar-refractivity contribution in [2.75, 3.05) is 12.8 Å². The Morgan fingerprint density at radius 2 is 1.95 bits per heavy atom. The first-order valence-corrected chi connectivity index (χ1v) is 5.89. The summed E-state index contributed by atoms with van der Waals surface area (Å²) < 4.78 is 23.9. The van der Waals surface area contributed by atoms with Crippen LogP contribution >= 0.6 is 0 Å². The lowest BCUT2D eigenvalue weighted by molar-refractivity contribution is 0.304. The highest BCUT2D eigenvalue weighted by Crippen LogP contribution is 2.23. The van der Waals surface area contributed by atoms with Gasteiger partial charge < -0.3 is 15.2 Å². The van der Waals surface area contributed by atoms with E-state index in [0.717, 1.165) is 0 Å². The van der Waals surface area contributed by atoms with E-state index in [4.69, 9.17) is 20.5 Å². The number of hydrogen-bond acceptors (Lipinski definition) is 4. The van der Waals surface area contributed by atoms with Crippen LogP contribution in [0.5, 0.6) is 11.5 Å². The average molecular weight is 272 g/mol. The van der Waals surface area contributed by atoms with Gasteiger partial charge in [0.25, 0.3) is 0 Å². The number of methoxy groups -OCH3 is 1. The number of anilines is 1. The van der Waals surface area contributed by atoms with Crippen molar-refractivity contribution in [1.29, 1.82) is 5.26 Å². The number of hydrogen-bond donors (Lipinski definition) is 1. The minimum Gasteiger partial charge on any atom is -0.494 e. The summed E-state index contributed by atoms with van der Waals surface area (Å²) in [7, 11) is 1.40. The molecule has 0 saturated carbocycles. The SMILES string of the molecule is COc1ccc(COc2ccc(N)cc2C#N)cc1F. The Balaban J connectivity index is 2.13. The standard InChI is InChI=1S/C15H13FN2O2/c1-19-15-4-2-10(6-13(15)16)9-20-14-5-3-12(18)7-11(14)8-17/h2-7H,9,18H2,1H3. The van der Waals surface area contributed by atoms with Gasteiger partial charge in [-0.2, -0.15) is 5.26 Å². The van der Waals surface area contributed by atoms with Crippen LogP contribution in [0, 0.1) is 17.1 Å². The van der Waals surface area contributed by atoms with Crippen LogP contribution in [-0.2, 0) is 6.61 Å². The second-order valence-corrected chi connectivity index (χ2v) is 4.12. The van der Waals surface area contributed by atoms with Gasteiger partial charge in [0.05, 0.1) is 12.7 Å². The quantitative estimate of drug-likeness (QED) is 0.869. The fourth-order valence-corrected chi connectivity index (χ4v) is 1.72. The molecule has 0 radical (unpaired) electrons. The molecular weight excluding hydrogens is 259 g/mol. The van der Waals surface area contributed by atoms with Gasteiger partial charge in [0.2, 0.25) is 0 Å². The van der Waals surface area contributed by atoms with Gasteiger partial charge in [0.1, 0.15) is 18.4 Å². The zero-order valence-electron chi connectivity index (χ0n) is 10.9. The number of nitrogen functional groups attached to an aromatic ring is 1. The van der Waals surface area contributed by atoms with E-state index in [1.807, 2.05) is 6.07 Å². The largest absolute Gasteiger partial charge is 0.494 e. The van der Waals surface area contributed by atoms with Crippen LogP contribution in [0.1, 0.15) is 11.1 Å². The Morgan fingerprint density at radius 1 is 1.20 bits per heavy atom. The molecule has 0 amide bonds. The first-order chi connectivity index (χ1) is 9.63. The molecule has 0 aromatic heterocycles. The maximum atomic E-state index is 13.5. The van der Waals surface area contributed by atoms with Crippen LogP contribution in [0.25, 0.3) is 0 Å². The van der Waals surface area contributed by atoms with Crippen LogP contribution in [0.15, 0.2) is 36.4 Å². The van der Waals surface area contributed by atoms with E-state index < -0.39 is 5.82 Å². The van der Waals surface area contributed by atoms with E-state index in [2.05, 4.69) is 0 Å². The number of benzene rings is 2. The van der Waals surface area contributed by atoms with Gasteiger partial charge in [0.15, 0.2) is 11.6 Å². The molecule has 0 fully saturated rings. The number of nitrogens with zero attached hydrogens (tertiary/aromatic N) is 1. The minimum atomic E-state index is -0.452. The Morgan fingerprint density at radius 3 is 2.60 bits per heavy atom. The Bertz CT molecular complexity index is 665. The number of halogens is 1. The van der Waals surface area contributed by atoms with Gasteiger partial charge >= 0.3 is 0 Å². The molecule has 0 heterocycles. The maximum absolute atomic E-state index is 13.5. The van der Waals surface area contributed by atoms with Crippen molar-refractivity contribution < 1.29 is 13.9 Å². The molecule has 0 spiro atoms. The smallest absolute Gasteiger partial charge is 0.165 e. The monoisotopic (exact) mass is 272 g/mol. The molecule has 0 aliphatic heterocycles. The van der Waals surface area contributed by atoms with Gasteiger partial charge in [-0.15, -0.1) is 0 Å². The average Bonchev–Trinajstić information content (AvgIpc) is 2.46. The zero-order valence-corrected chi connectivity index (χ0v) is 10.9. The maximum Gasteiger partial charge on any atom is 0.165 e. The van der Waals surface area contributed by atoms with Gasteiger partial charge in [-0.3, -0.25) is 0 Å². The topological polar surface area (TPSA) is 68.3 Å². The lowest BCUT2D eigenvalue weighted by Gasteiger charge is -2.09. The summed E-state index contributed by atoms with van der Waals surface area (Å²) in [5, 5.41) is 8.99. The van der Waals surface area contributed by atoms with Crippen molar-refractivity contribution in [2.24, 2.45) is 0 Å². The van der Waals surface area contributed by atoms with E-state index in [1.54, 1.807) is 18.2 Å². The van der Waals surface area contributed by atoms with Crippen LogP contribution in [0.3, 0.4) is 0 Å². The Kier molecular flexibility index (Phi) is 4.06. The van der Waals surface area contributed by atoms with Gasteiger partial charge in [-0.05, 0) is 35.9 Å². The molecule has 0 unspecified atom stereocenters. The summed E-state index contributed by atoms with van der Waals surface area (Å²) in [4.78, 5) is 0. The summed E-state index contributed by atoms with van der Waals surface area (Å²) in [6, 6.07) is 11.4. The molecule has 0 saturated heterocycles. The molecule has 2 rings (SSSR count). The number of ether oxygens (including phenoxy) is 2. The summed E-state index contributed by atoms with van der Waals surface area (Å²) in [6.07, 6.45) is 0. The van der Waals surface area contributed by atoms with Crippen molar-refractivity contribution in [3.63, 3.8) is 0 Å². The third-order valence-corrected chi connectivity index (χ3v) is 2.73. The van der Waals surface area contributed by atoms with Crippen LogP contribution in [0.2, 0.25) is 0 Å². The Labute approximate surface area is 116 Å². The molecule has 2 aromatic rings. The molecule has 0 aliphatic carbocycles. The number of nitriles is 1. The molecule has 102 valence electrons. The van der Waals surface area contributed by atoms with Gasteiger partial charge in [-0.25, -0.2) is 4.39 Å². The number of nitrogens with two attached hydrogens (primary N) is 1. The lowest BCUT2D eigenvalue weighted by atomic mass is 10.2. The van der Waals surface area contributed by atoms with Crippen molar-refractivity contribution in [1.82, 2.24) is 0 Å². The molecule has 4 nitrogen and oxygen atoms in total. The van der Waals surface area contributed by atoms with E-state index in [9.17, 15) is 4.39 Å². The van der Waals surface area contributed by atoms with Crippen molar-refractivity contribution >= 4 is 5.69 Å². The molecule has 0 bridgehead atoms. The van der Waals surface area contributed by atoms with Crippen LogP contribution in [0.4, 0.5) is 10.1 Å². The first kappa shape index (κ1) is 13.7. The molecule has 0 aliphatic rings. The predicted molar refractivity (Wildman–Crippen MR) is 72.9 cm³/mol. The molecule has 2 aromatic carbocycles. The summed E-state index contributed by atoms with van der Waals surface area (Å²) >= 11 is 0. The van der Waals surface area contributed by atoms with Crippen molar-refractivity contribution in [3.05, 3.63) is 53.3 Å². The molecule has 20 heavy (non-hydrogen) atoms. The highest BCUT2D eigenvalue weighted by atomic mass is 19.1. The molecule has 5 heteroatoms. The third kappa shape index (κ3) is 2.98. The fourth-order valence-electron chi connectivity index (χ4n) is 1.72. The lowest BCUT2D eigenvalue weighted by Crippen LogP contribution is -1.99. The zero-order chi connectivity index (χ0) is 14.5. The second kappa shape index (κ2) is 5.93. The van der Waals surface area contributed by atoms with Crippen molar-refractivity contribution in [2.45, 2.75) is 6.61 Å². The minimum absolute atomic E-state index is 0.152. The fraction of sp³-hybridized carbons (Fsp3) is 0.133. The van der Waals surface area contributed by atoms with Crippen LogP contribution in [-0.4, -0.2) is 7.11 Å². The predicted octanol–water partition coefficient (Wildman–Crippen LogP) is 2.87. The summed E-state index contributed by atoms with van der Waals surface area (Å²) in [6.45, 7) is 0.152. The summed E-state index contributed by atoms with van der Waals surface area (Å²) in [5.74, 6) is 0.142. The van der Waals surface area contributed by atoms with E-state index in [0.29, 0.717) is 22.6 Å². The third-order valence-electron chi connectivity index (χ3n) is 2.73. The van der Waals surface area contributed by atoms with Gasteiger partial charge in [-0.1, -0.05) is 6.07 Å². The normalized spacial score (nSPS) is 9.85. The first-order valence-electron chi connectivity index (χ1n) is 5.89. The summed E-state index contributed by atoms with van der Waals surface area (Å²) in [5.41, 5.74) is 7.07. The number of rotatable bonds is 4. The molecular formula is C15H13FN2O2. The Hall–Kier alpha value is -2.74.